The quantitative estimate of drug-likeness (QED) is 0.0373. The predicted molar refractivity (Wildman–Crippen MR) is 315 cm³/mol. The molecule has 0 saturated carbocycles. The van der Waals surface area contributed by atoms with E-state index in [9.17, 15) is 14.7 Å². The van der Waals surface area contributed by atoms with Crippen molar-refractivity contribution in [3.63, 3.8) is 0 Å². The Bertz CT molecular complexity index is 1540. The van der Waals surface area contributed by atoms with Gasteiger partial charge in [0, 0.05) is 12.8 Å². The van der Waals surface area contributed by atoms with Crippen molar-refractivity contribution in [1.29, 1.82) is 0 Å². The molecule has 5 heteroatoms. The number of ether oxygens (including phenoxy) is 2. The number of carbonyl (C=O) groups is 2. The Kier molecular flexibility index (Phi) is 57.5. The Hall–Kier alpha value is -4.22. The summed E-state index contributed by atoms with van der Waals surface area (Å²) in [6, 6.07) is 0. The third-order valence-corrected chi connectivity index (χ3v) is 12.1. The molecule has 0 fully saturated rings. The zero-order chi connectivity index (χ0) is 52.0. The number of esters is 2. The van der Waals surface area contributed by atoms with Gasteiger partial charge in [0.25, 0.3) is 0 Å². The third-order valence-electron chi connectivity index (χ3n) is 12.1. The van der Waals surface area contributed by atoms with E-state index in [-0.39, 0.29) is 25.2 Å². The first-order chi connectivity index (χ1) is 35.6. The lowest BCUT2D eigenvalue weighted by Gasteiger charge is -2.15. The van der Waals surface area contributed by atoms with Crippen molar-refractivity contribution < 1.29 is 24.2 Å². The first-order valence-electron chi connectivity index (χ1n) is 29.4. The van der Waals surface area contributed by atoms with Gasteiger partial charge >= 0.3 is 11.9 Å². The molecule has 0 aliphatic carbocycles. The summed E-state index contributed by atoms with van der Waals surface area (Å²) in [6.07, 6.45) is 92.5. The molecular weight excluding hydrogens is 885 g/mol. The van der Waals surface area contributed by atoms with E-state index >= 15 is 0 Å². The second-order valence-corrected chi connectivity index (χ2v) is 19.0. The number of hydrogen-bond acceptors (Lipinski definition) is 5. The number of aliphatic hydroxyl groups is 1. The Morgan fingerprint density at radius 3 is 0.833 bits per heavy atom. The molecular formula is C67H108O5. The highest BCUT2D eigenvalue weighted by molar-refractivity contribution is 5.70. The van der Waals surface area contributed by atoms with E-state index in [0.717, 1.165) is 135 Å². The van der Waals surface area contributed by atoms with Gasteiger partial charge in [-0.2, -0.15) is 0 Å². The average molecular weight is 994 g/mol. The van der Waals surface area contributed by atoms with Gasteiger partial charge in [0.05, 0.1) is 6.61 Å². The number of allylic oxidation sites excluding steroid dienone is 24. The van der Waals surface area contributed by atoms with Crippen LogP contribution >= 0.6 is 0 Å². The lowest BCUT2D eigenvalue weighted by atomic mass is 10.0. The molecule has 0 amide bonds. The summed E-state index contributed by atoms with van der Waals surface area (Å²) < 4.78 is 10.7. The van der Waals surface area contributed by atoms with Gasteiger partial charge in [-0.05, 0) is 116 Å². The van der Waals surface area contributed by atoms with Crippen LogP contribution in [0.25, 0.3) is 0 Å². The van der Waals surface area contributed by atoms with Crippen LogP contribution in [0, 0.1) is 0 Å². The van der Waals surface area contributed by atoms with E-state index in [1.807, 2.05) is 0 Å². The van der Waals surface area contributed by atoms with Crippen LogP contribution in [0.5, 0.6) is 0 Å². The highest BCUT2D eigenvalue weighted by atomic mass is 16.6. The number of hydrogen-bond donors (Lipinski definition) is 1. The largest absolute Gasteiger partial charge is 0.462 e. The maximum Gasteiger partial charge on any atom is 0.306 e. The molecule has 1 atom stereocenters. The molecule has 0 radical (unpaired) electrons. The molecule has 0 spiro atoms. The van der Waals surface area contributed by atoms with Crippen molar-refractivity contribution >= 4 is 11.9 Å². The first-order valence-corrected chi connectivity index (χ1v) is 29.4. The molecule has 0 aromatic rings. The molecule has 0 saturated heterocycles. The van der Waals surface area contributed by atoms with Crippen LogP contribution in [0.15, 0.2) is 146 Å². The van der Waals surface area contributed by atoms with Crippen molar-refractivity contribution in [3.05, 3.63) is 146 Å². The van der Waals surface area contributed by atoms with Gasteiger partial charge < -0.3 is 14.6 Å². The van der Waals surface area contributed by atoms with Crippen LogP contribution in [0.2, 0.25) is 0 Å². The second-order valence-electron chi connectivity index (χ2n) is 19.0. The molecule has 0 aliphatic rings. The number of carbonyl (C=O) groups excluding carboxylic acids is 2. The van der Waals surface area contributed by atoms with E-state index in [1.54, 1.807) is 0 Å². The Balaban J connectivity index is 3.57. The van der Waals surface area contributed by atoms with Crippen molar-refractivity contribution in [3.8, 4) is 0 Å². The van der Waals surface area contributed by atoms with Crippen LogP contribution in [-0.2, 0) is 19.1 Å². The molecule has 406 valence electrons. The van der Waals surface area contributed by atoms with Crippen LogP contribution in [-0.4, -0.2) is 36.4 Å². The minimum absolute atomic E-state index is 0.0822. The van der Waals surface area contributed by atoms with Crippen molar-refractivity contribution in [2.24, 2.45) is 0 Å². The average Bonchev–Trinajstić information content (AvgIpc) is 3.38. The minimum Gasteiger partial charge on any atom is -0.462 e. The van der Waals surface area contributed by atoms with Gasteiger partial charge in [-0.15, -0.1) is 0 Å². The monoisotopic (exact) mass is 993 g/mol. The van der Waals surface area contributed by atoms with Gasteiger partial charge in [0.15, 0.2) is 6.10 Å². The Morgan fingerprint density at radius 1 is 0.319 bits per heavy atom. The molecule has 72 heavy (non-hydrogen) atoms. The normalized spacial score (nSPS) is 13.3. The molecule has 5 nitrogen and oxygen atoms in total. The summed E-state index contributed by atoms with van der Waals surface area (Å²) >= 11 is 0. The van der Waals surface area contributed by atoms with Crippen LogP contribution in [0.1, 0.15) is 245 Å². The zero-order valence-corrected chi connectivity index (χ0v) is 46.4. The molecule has 0 bridgehead atoms. The molecule has 0 aliphatic heterocycles. The summed E-state index contributed by atoms with van der Waals surface area (Å²) in [6.45, 7) is 3.90. The summed E-state index contributed by atoms with van der Waals surface area (Å²) in [4.78, 5) is 24.6. The maximum atomic E-state index is 12.3. The minimum atomic E-state index is -0.794. The first kappa shape index (κ1) is 67.8. The highest BCUT2D eigenvalue weighted by Crippen LogP contribution is 2.15. The van der Waals surface area contributed by atoms with Gasteiger partial charge in [-0.1, -0.05) is 262 Å². The summed E-state index contributed by atoms with van der Waals surface area (Å²) in [7, 11) is 0. The zero-order valence-electron chi connectivity index (χ0n) is 46.4. The number of rotatable bonds is 52. The molecule has 0 heterocycles. The SMILES string of the molecule is CC/C=C\C/C=C\C/C=C\C/C=C\C/C=C\C/C=C\C/C=C\CCCCCCCC(=O)OC(CO)COC(=O)CCCCCCCCCCCCCCCCC/C=C\C/C=C\C/C=C\C/C=C\C/C=C\CC. The Morgan fingerprint density at radius 2 is 0.556 bits per heavy atom. The molecule has 1 N–H and O–H groups in total. The summed E-state index contributed by atoms with van der Waals surface area (Å²) in [5.74, 6) is -0.619. The lowest BCUT2D eigenvalue weighted by molar-refractivity contribution is -0.161. The fourth-order valence-electron chi connectivity index (χ4n) is 7.80. The smallest absolute Gasteiger partial charge is 0.306 e. The van der Waals surface area contributed by atoms with E-state index in [2.05, 4.69) is 160 Å². The Labute approximate surface area is 444 Å². The third kappa shape index (κ3) is 58.4. The summed E-state index contributed by atoms with van der Waals surface area (Å²) in [5, 5.41) is 9.67. The summed E-state index contributed by atoms with van der Waals surface area (Å²) in [5.41, 5.74) is 0. The fraction of sp³-hybridized carbons (Fsp3) is 0.612. The maximum absolute atomic E-state index is 12.3. The standard InChI is InChI=1S/C67H108O5/c1-3-5-7-9-11-13-15-17-19-21-23-25-27-29-31-32-33-34-36-37-39-41-43-45-47-49-51-53-55-57-59-61-66(69)71-64-65(63-68)72-67(70)62-60-58-56-54-52-50-48-46-44-42-40-38-35-30-28-26-24-22-20-18-16-14-12-10-8-6-4-2/h5-8,11-14,17-20,23-26,29-31,35,40,42,46,48,65,68H,3-4,9-10,15-16,21-22,27-28,32-34,36-39,41,43-45,47,49-64H2,1-2H3/b7-5-,8-6-,13-11-,14-12-,19-17-,20-18-,25-23-,26-24-,31-29-,35-30-,42-40-,48-46-. The van der Waals surface area contributed by atoms with E-state index in [4.69, 9.17) is 9.47 Å². The highest BCUT2D eigenvalue weighted by Gasteiger charge is 2.16. The van der Waals surface area contributed by atoms with E-state index in [1.165, 1.54) is 83.5 Å². The van der Waals surface area contributed by atoms with E-state index in [0.29, 0.717) is 12.8 Å². The number of aliphatic hydroxyl groups excluding tert-OH is 1. The second kappa shape index (κ2) is 61.1. The fourth-order valence-corrected chi connectivity index (χ4v) is 7.80. The lowest BCUT2D eigenvalue weighted by Crippen LogP contribution is -2.28. The predicted octanol–water partition coefficient (Wildman–Crippen LogP) is 20.2. The van der Waals surface area contributed by atoms with Crippen LogP contribution < -0.4 is 0 Å². The van der Waals surface area contributed by atoms with Gasteiger partial charge in [-0.3, -0.25) is 9.59 Å². The molecule has 0 aromatic carbocycles. The molecule has 0 rings (SSSR count). The molecule has 0 aromatic heterocycles. The van der Waals surface area contributed by atoms with Crippen molar-refractivity contribution in [2.75, 3.05) is 13.2 Å². The van der Waals surface area contributed by atoms with Crippen LogP contribution in [0.4, 0.5) is 0 Å². The van der Waals surface area contributed by atoms with Crippen LogP contribution in [0.3, 0.4) is 0 Å². The number of unbranched alkanes of at least 4 members (excludes halogenated alkanes) is 20. The van der Waals surface area contributed by atoms with Crippen molar-refractivity contribution in [1.82, 2.24) is 0 Å². The van der Waals surface area contributed by atoms with Crippen molar-refractivity contribution in [2.45, 2.75) is 251 Å². The topological polar surface area (TPSA) is 72.8 Å². The van der Waals surface area contributed by atoms with E-state index < -0.39 is 6.10 Å². The molecule has 1 unspecified atom stereocenters. The van der Waals surface area contributed by atoms with Gasteiger partial charge in [0.1, 0.15) is 6.61 Å². The van der Waals surface area contributed by atoms with Gasteiger partial charge in [-0.25, -0.2) is 0 Å². The van der Waals surface area contributed by atoms with Gasteiger partial charge in [0.2, 0.25) is 0 Å².